The van der Waals surface area contributed by atoms with Crippen LogP contribution in [0.1, 0.15) is 40.4 Å². The predicted molar refractivity (Wildman–Crippen MR) is 261 cm³/mol. The molecule has 2 N–H and O–H groups in total. The molecule has 2 atom stereocenters. The first-order valence-electron chi connectivity index (χ1n) is 19.9. The number of hydrogen-bond donors (Lipinski definition) is 2. The van der Waals surface area contributed by atoms with Crippen molar-refractivity contribution in [3.8, 4) is 44.5 Å². The summed E-state index contributed by atoms with van der Waals surface area (Å²) in [6.45, 7) is 0. The van der Waals surface area contributed by atoms with Gasteiger partial charge in [0.05, 0.1) is 38.7 Å². The van der Waals surface area contributed by atoms with Crippen molar-refractivity contribution in [2.45, 2.75) is 12.0 Å². The van der Waals surface area contributed by atoms with E-state index in [0.29, 0.717) is 52.8 Å². The second kappa shape index (κ2) is 16.1. The molecule has 3 aliphatic heterocycles. The van der Waals surface area contributed by atoms with Gasteiger partial charge in [0.2, 0.25) is 0 Å². The maximum Gasteiger partial charge on any atom is 0.184 e. The number of aromatic nitrogens is 4. The highest BCUT2D eigenvalue weighted by Crippen LogP contribution is 2.52. The molecule has 0 fully saturated rings. The summed E-state index contributed by atoms with van der Waals surface area (Å²) in [6, 6.07) is 44.6. The monoisotopic (exact) mass is 937 g/mol. The Morgan fingerprint density at radius 3 is 1.21 bits per heavy atom. The molecule has 0 saturated carbocycles. The molecular formula is C51H29Cl6N5O. The smallest absolute Gasteiger partial charge is 0.184 e. The van der Waals surface area contributed by atoms with Gasteiger partial charge >= 0.3 is 0 Å². The summed E-state index contributed by atoms with van der Waals surface area (Å²) in [4.78, 5) is 25.2. The van der Waals surface area contributed by atoms with Crippen LogP contribution in [0.5, 0.6) is 0 Å². The Morgan fingerprint density at radius 2 is 0.778 bits per heavy atom. The first kappa shape index (κ1) is 40.0. The molecule has 8 bridgehead atoms. The van der Waals surface area contributed by atoms with Crippen molar-refractivity contribution < 1.29 is 4.84 Å². The molecule has 3 aliphatic rings. The Balaban J connectivity index is 1.34. The van der Waals surface area contributed by atoms with E-state index in [4.69, 9.17) is 89.6 Å². The molecule has 0 amide bonds. The maximum absolute atomic E-state index is 6.98. The molecule has 63 heavy (non-hydrogen) atoms. The fraction of sp³-hybridized carbons (Fsp3) is 0.0392. The number of aromatic amines is 2. The maximum atomic E-state index is 6.98. The molecule has 306 valence electrons. The minimum absolute atomic E-state index is 0.441. The highest BCUT2D eigenvalue weighted by Gasteiger charge is 2.47. The van der Waals surface area contributed by atoms with Gasteiger partial charge in [0, 0.05) is 70.0 Å². The summed E-state index contributed by atoms with van der Waals surface area (Å²) in [7, 11) is 0. The summed E-state index contributed by atoms with van der Waals surface area (Å²) in [5, 5.41) is 8.12. The summed E-state index contributed by atoms with van der Waals surface area (Å²) in [5.41, 5.74) is 14.1. The average Bonchev–Trinajstić information content (AvgIpc) is 4.14. The zero-order valence-corrected chi connectivity index (χ0v) is 37.1. The van der Waals surface area contributed by atoms with Crippen molar-refractivity contribution in [1.82, 2.24) is 19.9 Å². The van der Waals surface area contributed by atoms with Gasteiger partial charge in [0.15, 0.2) is 6.10 Å². The lowest BCUT2D eigenvalue weighted by Gasteiger charge is -2.16. The van der Waals surface area contributed by atoms with Gasteiger partial charge in [-0.25, -0.2) is 4.98 Å². The molecule has 0 saturated heterocycles. The van der Waals surface area contributed by atoms with Gasteiger partial charge in [-0.05, 0) is 119 Å². The second-order valence-electron chi connectivity index (χ2n) is 15.3. The molecule has 6 nitrogen and oxygen atoms in total. The second-order valence-corrected chi connectivity index (χ2v) is 17.8. The van der Waals surface area contributed by atoms with E-state index in [1.54, 1.807) is 12.1 Å². The Labute approximate surface area is 391 Å². The van der Waals surface area contributed by atoms with Gasteiger partial charge in [-0.15, -0.1) is 0 Å². The molecule has 2 unspecified atom stereocenters. The predicted octanol–water partition coefficient (Wildman–Crippen LogP) is 16.3. The van der Waals surface area contributed by atoms with Crippen molar-refractivity contribution in [1.29, 1.82) is 0 Å². The standard InChI is InChI=1S/C51H29Cl6N5O/c52-30-12-4-26(5-13-30)42-36-20-21-37(58-36)43(27-6-14-31(53)15-7-27)39-23-25-41(60-39)45(29-10-18-33(55)19-11-29)50-51-47(49(62-63-51)46-34(56)2-1-3-35(46)57)48(61-50)44(40-24-22-38(42)59-40)28-8-16-32(54)17-9-28/h1-25,47,51,59-60H. The third-order valence-electron chi connectivity index (χ3n) is 11.5. The molecule has 8 aromatic rings. The Kier molecular flexibility index (Phi) is 10.2. The van der Waals surface area contributed by atoms with Crippen molar-refractivity contribution in [3.63, 3.8) is 0 Å². The number of hydrogen-bond acceptors (Lipinski definition) is 4. The van der Waals surface area contributed by atoms with Crippen LogP contribution < -0.4 is 0 Å². The van der Waals surface area contributed by atoms with Crippen molar-refractivity contribution in [2.24, 2.45) is 5.16 Å². The Bertz CT molecular complexity index is 3360. The number of oxime groups is 1. The molecule has 12 heteroatoms. The molecule has 6 heterocycles. The highest BCUT2D eigenvalue weighted by molar-refractivity contribution is 6.41. The van der Waals surface area contributed by atoms with Crippen molar-refractivity contribution in [2.75, 3.05) is 0 Å². The number of rotatable bonds is 5. The van der Waals surface area contributed by atoms with Gasteiger partial charge in [0.1, 0.15) is 5.71 Å². The number of fused-ring (bicyclic) bond motifs is 11. The van der Waals surface area contributed by atoms with Crippen LogP contribution >= 0.6 is 69.6 Å². The van der Waals surface area contributed by atoms with Crippen LogP contribution in [0, 0.1) is 0 Å². The Hall–Kier alpha value is -5.83. The zero-order valence-electron chi connectivity index (χ0n) is 32.6. The summed E-state index contributed by atoms with van der Waals surface area (Å²) < 4.78 is 0. The minimum Gasteiger partial charge on any atom is -0.385 e. The topological polar surface area (TPSA) is 79.0 Å². The fourth-order valence-electron chi connectivity index (χ4n) is 8.72. The third kappa shape index (κ3) is 7.12. The van der Waals surface area contributed by atoms with Gasteiger partial charge < -0.3 is 14.8 Å². The molecule has 0 radical (unpaired) electrons. The lowest BCUT2D eigenvalue weighted by molar-refractivity contribution is 0.0800. The van der Waals surface area contributed by atoms with Crippen LogP contribution in [-0.4, -0.2) is 25.6 Å². The molecule has 11 rings (SSSR count). The van der Waals surface area contributed by atoms with Crippen LogP contribution in [0.4, 0.5) is 0 Å². The van der Waals surface area contributed by atoms with Gasteiger partial charge in [0.25, 0.3) is 0 Å². The zero-order chi connectivity index (χ0) is 42.9. The largest absolute Gasteiger partial charge is 0.385 e. The van der Waals surface area contributed by atoms with E-state index in [1.807, 2.05) is 115 Å². The minimum atomic E-state index is -0.693. The van der Waals surface area contributed by atoms with Crippen molar-refractivity contribution in [3.05, 3.63) is 198 Å². The van der Waals surface area contributed by atoms with Gasteiger partial charge in [-0.2, -0.15) is 0 Å². The first-order chi connectivity index (χ1) is 30.7. The molecular weight excluding hydrogens is 911 g/mol. The summed E-state index contributed by atoms with van der Waals surface area (Å²) in [6.07, 6.45) is 3.40. The van der Waals surface area contributed by atoms with Crippen LogP contribution in [0.15, 0.2) is 145 Å². The number of benzene rings is 5. The average molecular weight is 941 g/mol. The highest BCUT2D eigenvalue weighted by atomic mass is 35.5. The fourth-order valence-corrected chi connectivity index (χ4v) is 9.81. The van der Waals surface area contributed by atoms with Crippen LogP contribution in [0.3, 0.4) is 0 Å². The van der Waals surface area contributed by atoms with Crippen molar-refractivity contribution >= 4 is 110 Å². The van der Waals surface area contributed by atoms with E-state index in [1.165, 1.54) is 0 Å². The van der Waals surface area contributed by atoms with Crippen LogP contribution in [-0.2, 0) is 4.84 Å². The third-order valence-corrected chi connectivity index (χ3v) is 13.2. The number of halogens is 6. The van der Waals surface area contributed by atoms with E-state index in [2.05, 4.69) is 34.2 Å². The van der Waals surface area contributed by atoms with Crippen LogP contribution in [0.2, 0.25) is 30.1 Å². The van der Waals surface area contributed by atoms with Gasteiger partial charge in [-0.3, -0.25) is 4.98 Å². The molecule has 3 aromatic heterocycles. The first-order valence-corrected chi connectivity index (χ1v) is 22.1. The van der Waals surface area contributed by atoms with Gasteiger partial charge in [-0.1, -0.05) is 129 Å². The van der Waals surface area contributed by atoms with E-state index in [-0.39, 0.29) is 0 Å². The quantitative estimate of drug-likeness (QED) is 0.180. The lowest BCUT2D eigenvalue weighted by atomic mass is 9.85. The number of H-pyrrole nitrogens is 2. The lowest BCUT2D eigenvalue weighted by Crippen LogP contribution is -2.14. The Morgan fingerprint density at radius 1 is 0.397 bits per heavy atom. The SMILES string of the molecule is Clc1ccc(-c2c3nc(c(-c4ccc(Cl)cc4)c4ccc([nH]4)c(-c4ccc(Cl)cc4)c4nc(c(-c5ccc(Cl)cc5)c5ccc2[nH]5)C2ON=C(c5c(Cl)cccc5Cl)C42)C=C3)cc1. The normalized spacial score (nSPS) is 15.3. The number of nitrogens with one attached hydrogen (secondary N) is 2. The van der Waals surface area contributed by atoms with E-state index in [0.717, 1.165) is 78.0 Å². The van der Waals surface area contributed by atoms with E-state index < -0.39 is 12.0 Å². The van der Waals surface area contributed by atoms with Crippen LogP contribution in [0.25, 0.3) is 78.7 Å². The molecule has 0 spiro atoms. The molecule has 5 aromatic carbocycles. The summed E-state index contributed by atoms with van der Waals surface area (Å²) >= 11 is 39.9. The van der Waals surface area contributed by atoms with E-state index in [9.17, 15) is 0 Å². The molecule has 0 aliphatic carbocycles. The number of nitrogens with zero attached hydrogens (tertiary/aromatic N) is 3. The summed E-state index contributed by atoms with van der Waals surface area (Å²) in [5.74, 6) is -0.558. The van der Waals surface area contributed by atoms with E-state index >= 15 is 0 Å².